The lowest BCUT2D eigenvalue weighted by Crippen LogP contribution is -2.19. The third kappa shape index (κ3) is 6.83. The highest BCUT2D eigenvalue weighted by atomic mass is 16.5. The lowest BCUT2D eigenvalue weighted by molar-refractivity contribution is 0.289. The Bertz CT molecular complexity index is 392. The predicted octanol–water partition coefficient (Wildman–Crippen LogP) is 3.36. The largest absolute Gasteiger partial charge is 0.494 e. The van der Waals surface area contributed by atoms with E-state index >= 15 is 0 Å². The second-order valence-electron chi connectivity index (χ2n) is 5.34. The monoisotopic (exact) mass is 260 g/mol. The van der Waals surface area contributed by atoms with Crippen LogP contribution in [-0.2, 0) is 6.54 Å². The highest BCUT2D eigenvalue weighted by molar-refractivity contribution is 5.27. The van der Waals surface area contributed by atoms with Crippen molar-refractivity contribution in [2.45, 2.75) is 33.7 Å². The third-order valence-electron chi connectivity index (χ3n) is 2.89. The molecule has 1 atom stereocenters. The topological polar surface area (TPSA) is 45.0 Å². The molecule has 0 saturated heterocycles. The van der Waals surface area contributed by atoms with Gasteiger partial charge in [0.15, 0.2) is 0 Å². The number of hydrogen-bond donors (Lipinski definition) is 1. The summed E-state index contributed by atoms with van der Waals surface area (Å²) in [7, 11) is 0. The number of nitrogens with one attached hydrogen (secondary N) is 1. The average Bonchev–Trinajstić information content (AvgIpc) is 2.40. The minimum Gasteiger partial charge on any atom is -0.494 e. The van der Waals surface area contributed by atoms with Crippen LogP contribution in [0, 0.1) is 23.2 Å². The Hall–Kier alpha value is -1.53. The lowest BCUT2D eigenvalue weighted by Gasteiger charge is -2.09. The van der Waals surface area contributed by atoms with Crippen LogP contribution in [0.15, 0.2) is 24.3 Å². The fourth-order valence-electron chi connectivity index (χ4n) is 1.59. The highest BCUT2D eigenvalue weighted by Gasteiger charge is 2.00. The van der Waals surface area contributed by atoms with E-state index in [9.17, 15) is 0 Å². The fraction of sp³-hybridized carbons (Fsp3) is 0.562. The molecule has 1 aromatic rings. The van der Waals surface area contributed by atoms with Crippen molar-refractivity contribution in [2.24, 2.45) is 11.8 Å². The Kier molecular flexibility index (Phi) is 6.99. The SMILES string of the molecule is CC(C)CCOc1ccc(CNCC(C)C#N)cc1. The molecule has 3 nitrogen and oxygen atoms in total. The molecule has 1 aromatic carbocycles. The molecule has 0 aliphatic rings. The van der Waals surface area contributed by atoms with Crippen LogP contribution in [0.5, 0.6) is 5.75 Å². The smallest absolute Gasteiger partial charge is 0.119 e. The number of nitrogens with zero attached hydrogens (tertiary/aromatic N) is 1. The van der Waals surface area contributed by atoms with Crippen LogP contribution in [0.3, 0.4) is 0 Å². The minimum absolute atomic E-state index is 0.0543. The maximum absolute atomic E-state index is 8.68. The first-order chi connectivity index (χ1) is 9.11. The molecule has 0 saturated carbocycles. The molecule has 1 unspecified atom stereocenters. The Morgan fingerprint density at radius 1 is 1.21 bits per heavy atom. The van der Waals surface area contributed by atoms with Gasteiger partial charge >= 0.3 is 0 Å². The van der Waals surface area contributed by atoms with E-state index < -0.39 is 0 Å². The van der Waals surface area contributed by atoms with E-state index in [1.54, 1.807) is 0 Å². The number of nitriles is 1. The van der Waals surface area contributed by atoms with Crippen molar-refractivity contribution >= 4 is 0 Å². The first-order valence-corrected chi connectivity index (χ1v) is 6.94. The zero-order valence-electron chi connectivity index (χ0n) is 12.1. The maximum Gasteiger partial charge on any atom is 0.119 e. The second-order valence-corrected chi connectivity index (χ2v) is 5.34. The lowest BCUT2D eigenvalue weighted by atomic mass is 10.1. The summed E-state index contributed by atoms with van der Waals surface area (Å²) in [5, 5.41) is 11.9. The van der Waals surface area contributed by atoms with Crippen LogP contribution in [0.25, 0.3) is 0 Å². The molecule has 1 rings (SSSR count). The van der Waals surface area contributed by atoms with Crippen LogP contribution in [0.4, 0.5) is 0 Å². The molecule has 0 fully saturated rings. The van der Waals surface area contributed by atoms with Gasteiger partial charge in [-0.25, -0.2) is 0 Å². The number of hydrogen-bond acceptors (Lipinski definition) is 3. The molecule has 0 spiro atoms. The molecule has 0 aromatic heterocycles. The Morgan fingerprint density at radius 3 is 2.47 bits per heavy atom. The van der Waals surface area contributed by atoms with Gasteiger partial charge in [0.05, 0.1) is 18.6 Å². The van der Waals surface area contributed by atoms with Crippen molar-refractivity contribution in [3.63, 3.8) is 0 Å². The second kappa shape index (κ2) is 8.55. The van der Waals surface area contributed by atoms with Gasteiger partial charge in [-0.15, -0.1) is 0 Å². The molecule has 0 aliphatic carbocycles. The number of benzene rings is 1. The van der Waals surface area contributed by atoms with Crippen molar-refractivity contribution < 1.29 is 4.74 Å². The third-order valence-corrected chi connectivity index (χ3v) is 2.89. The summed E-state index contributed by atoms with van der Waals surface area (Å²) >= 11 is 0. The van der Waals surface area contributed by atoms with Gasteiger partial charge in [-0.1, -0.05) is 26.0 Å². The molecule has 1 N–H and O–H groups in total. The molecular formula is C16H24N2O. The zero-order chi connectivity index (χ0) is 14.1. The van der Waals surface area contributed by atoms with E-state index in [0.717, 1.165) is 31.9 Å². The first kappa shape index (κ1) is 15.5. The van der Waals surface area contributed by atoms with E-state index in [0.29, 0.717) is 5.92 Å². The molecule has 104 valence electrons. The van der Waals surface area contributed by atoms with Crippen LogP contribution in [0.2, 0.25) is 0 Å². The van der Waals surface area contributed by atoms with Gasteiger partial charge in [0.1, 0.15) is 5.75 Å². The molecule has 19 heavy (non-hydrogen) atoms. The number of rotatable bonds is 8. The normalized spacial score (nSPS) is 12.2. The zero-order valence-corrected chi connectivity index (χ0v) is 12.1. The Labute approximate surface area is 116 Å². The van der Waals surface area contributed by atoms with Gasteiger partial charge in [0, 0.05) is 13.1 Å². The van der Waals surface area contributed by atoms with Crippen molar-refractivity contribution in [3.8, 4) is 11.8 Å². The van der Waals surface area contributed by atoms with Gasteiger partial charge in [-0.2, -0.15) is 5.26 Å². The molecule has 0 bridgehead atoms. The van der Waals surface area contributed by atoms with Crippen molar-refractivity contribution in [3.05, 3.63) is 29.8 Å². The standard InChI is InChI=1S/C16H24N2O/c1-13(2)8-9-19-16-6-4-15(5-7-16)12-18-11-14(3)10-17/h4-7,13-14,18H,8-9,11-12H2,1-3H3. The summed E-state index contributed by atoms with van der Waals surface area (Å²) in [4.78, 5) is 0. The van der Waals surface area contributed by atoms with E-state index in [-0.39, 0.29) is 5.92 Å². The summed E-state index contributed by atoms with van der Waals surface area (Å²) in [5.74, 6) is 1.65. The molecule has 0 radical (unpaired) electrons. The summed E-state index contributed by atoms with van der Waals surface area (Å²) in [5.41, 5.74) is 1.21. The van der Waals surface area contributed by atoms with Crippen LogP contribution in [0.1, 0.15) is 32.8 Å². The summed E-state index contributed by atoms with van der Waals surface area (Å²) < 4.78 is 5.67. The molecular weight excluding hydrogens is 236 g/mol. The van der Waals surface area contributed by atoms with Crippen LogP contribution in [-0.4, -0.2) is 13.2 Å². The Balaban J connectivity index is 2.29. The fourth-order valence-corrected chi connectivity index (χ4v) is 1.59. The summed E-state index contributed by atoms with van der Waals surface area (Å²) in [6, 6.07) is 10.3. The van der Waals surface area contributed by atoms with Crippen molar-refractivity contribution in [1.29, 1.82) is 5.26 Å². The molecule has 0 aliphatic heterocycles. The Morgan fingerprint density at radius 2 is 1.89 bits per heavy atom. The van der Waals surface area contributed by atoms with Gasteiger partial charge in [-0.3, -0.25) is 0 Å². The van der Waals surface area contributed by atoms with Gasteiger partial charge in [-0.05, 0) is 37.0 Å². The van der Waals surface area contributed by atoms with Crippen LogP contribution < -0.4 is 10.1 Å². The van der Waals surface area contributed by atoms with Gasteiger partial charge in [0.2, 0.25) is 0 Å². The van der Waals surface area contributed by atoms with Gasteiger partial charge < -0.3 is 10.1 Å². The average molecular weight is 260 g/mol. The summed E-state index contributed by atoms with van der Waals surface area (Å²) in [6.07, 6.45) is 1.08. The van der Waals surface area contributed by atoms with Gasteiger partial charge in [0.25, 0.3) is 0 Å². The van der Waals surface area contributed by atoms with Crippen molar-refractivity contribution in [1.82, 2.24) is 5.32 Å². The maximum atomic E-state index is 8.68. The van der Waals surface area contributed by atoms with Crippen molar-refractivity contribution in [2.75, 3.05) is 13.2 Å². The van der Waals surface area contributed by atoms with E-state index in [1.165, 1.54) is 5.56 Å². The molecule has 0 amide bonds. The first-order valence-electron chi connectivity index (χ1n) is 6.94. The predicted molar refractivity (Wildman–Crippen MR) is 77.9 cm³/mol. The summed E-state index contributed by atoms with van der Waals surface area (Å²) in [6.45, 7) is 8.59. The van der Waals surface area contributed by atoms with E-state index in [1.807, 2.05) is 19.1 Å². The highest BCUT2D eigenvalue weighted by Crippen LogP contribution is 2.13. The molecule has 3 heteroatoms. The van der Waals surface area contributed by atoms with E-state index in [4.69, 9.17) is 10.00 Å². The quantitative estimate of drug-likeness (QED) is 0.779. The van der Waals surface area contributed by atoms with Crippen LogP contribution >= 0.6 is 0 Å². The van der Waals surface area contributed by atoms with E-state index in [2.05, 4.69) is 37.4 Å². The number of ether oxygens (including phenoxy) is 1. The molecule has 0 heterocycles. The minimum atomic E-state index is 0.0543.